The van der Waals surface area contributed by atoms with Crippen molar-refractivity contribution >= 4 is 0 Å². The van der Waals surface area contributed by atoms with Crippen molar-refractivity contribution in [3.63, 3.8) is 0 Å². The van der Waals surface area contributed by atoms with Crippen LogP contribution in [0.5, 0.6) is 0 Å². The molecule has 2 aliphatic carbocycles. The van der Waals surface area contributed by atoms with Gasteiger partial charge < -0.3 is 9.84 Å². The van der Waals surface area contributed by atoms with Crippen molar-refractivity contribution in [2.45, 2.75) is 63.9 Å². The monoisotopic (exact) mass is 332 g/mol. The number of ether oxygens (including phenoxy) is 1. The van der Waals surface area contributed by atoms with E-state index in [4.69, 9.17) is 9.84 Å². The third-order valence-corrected chi connectivity index (χ3v) is 6.11. The smallest absolute Gasteiger partial charge is 0.128 e. The van der Waals surface area contributed by atoms with E-state index in [1.54, 1.807) is 19.2 Å². The fraction of sp³-hybridized carbons (Fsp3) is 0.619. The number of hydrogen-bond acceptors (Lipinski definition) is 2. The van der Waals surface area contributed by atoms with Gasteiger partial charge in [0.15, 0.2) is 0 Å². The molecule has 0 radical (unpaired) electrons. The van der Waals surface area contributed by atoms with Crippen LogP contribution < -0.4 is 0 Å². The molecule has 0 bridgehead atoms. The molecule has 2 aliphatic rings. The Morgan fingerprint density at radius 3 is 2.33 bits per heavy atom. The molecule has 3 rings (SSSR count). The van der Waals surface area contributed by atoms with Crippen molar-refractivity contribution in [2.75, 3.05) is 7.11 Å². The predicted molar refractivity (Wildman–Crippen MR) is 94.1 cm³/mol. The Balaban J connectivity index is 1.53. The molecule has 2 nitrogen and oxygen atoms in total. The largest absolute Gasteiger partial charge is 0.504 e. The van der Waals surface area contributed by atoms with E-state index in [0.717, 1.165) is 17.4 Å². The number of aliphatic hydroxyl groups excluding tert-OH is 1. The maximum absolute atomic E-state index is 13.9. The molecular formula is C21H29FO2. The lowest BCUT2D eigenvalue weighted by Crippen LogP contribution is -2.23. The van der Waals surface area contributed by atoms with Crippen LogP contribution >= 0.6 is 0 Å². The molecule has 0 aliphatic heterocycles. The summed E-state index contributed by atoms with van der Waals surface area (Å²) in [5, 5.41) is 9.10. The van der Waals surface area contributed by atoms with Gasteiger partial charge in [0.2, 0.25) is 0 Å². The van der Waals surface area contributed by atoms with Crippen molar-refractivity contribution in [1.29, 1.82) is 0 Å². The fourth-order valence-corrected chi connectivity index (χ4v) is 4.64. The summed E-state index contributed by atoms with van der Waals surface area (Å²) in [6.45, 7) is -0.222. The van der Waals surface area contributed by atoms with E-state index < -0.39 is 0 Å². The Labute approximate surface area is 144 Å². The van der Waals surface area contributed by atoms with Crippen molar-refractivity contribution in [2.24, 2.45) is 11.8 Å². The second-order valence-electron chi connectivity index (χ2n) is 7.47. The standard InChI is InChI=1S/C21H29FO2/c1-24-14-15-2-4-16(5-3-15)17-6-8-18(9-7-17)19-10-11-20(13-23)21(22)12-19/h10-12,14,16-18,23H,2-9,13H2,1H3. The first-order chi connectivity index (χ1) is 11.7. The molecule has 132 valence electrons. The van der Waals surface area contributed by atoms with E-state index in [2.05, 4.69) is 0 Å². The third kappa shape index (κ3) is 4.00. The number of rotatable bonds is 4. The molecular weight excluding hydrogens is 303 g/mol. The van der Waals surface area contributed by atoms with Crippen LogP contribution in [0.25, 0.3) is 0 Å². The maximum atomic E-state index is 13.9. The first-order valence-corrected chi connectivity index (χ1v) is 9.31. The SMILES string of the molecule is COC=C1CCC(C2CCC(c3ccc(CO)c(F)c3)CC2)CC1. The summed E-state index contributed by atoms with van der Waals surface area (Å²) in [7, 11) is 1.73. The van der Waals surface area contributed by atoms with E-state index in [0.29, 0.717) is 11.5 Å². The molecule has 0 heterocycles. The van der Waals surface area contributed by atoms with Crippen molar-refractivity contribution in [3.8, 4) is 0 Å². The fourth-order valence-electron chi connectivity index (χ4n) is 4.64. The normalized spacial score (nSPS) is 27.8. The first kappa shape index (κ1) is 17.5. The zero-order valence-corrected chi connectivity index (χ0v) is 14.6. The van der Waals surface area contributed by atoms with Gasteiger partial charge >= 0.3 is 0 Å². The second-order valence-corrected chi connectivity index (χ2v) is 7.47. The molecule has 1 aromatic rings. The minimum Gasteiger partial charge on any atom is -0.504 e. The van der Waals surface area contributed by atoms with Crippen LogP contribution in [0.3, 0.4) is 0 Å². The molecule has 1 aromatic carbocycles. The van der Waals surface area contributed by atoms with Crippen LogP contribution in [-0.2, 0) is 11.3 Å². The highest BCUT2D eigenvalue weighted by molar-refractivity contribution is 5.27. The summed E-state index contributed by atoms with van der Waals surface area (Å²) >= 11 is 0. The van der Waals surface area contributed by atoms with Gasteiger partial charge in [0, 0.05) is 5.56 Å². The van der Waals surface area contributed by atoms with Crippen LogP contribution in [0.2, 0.25) is 0 Å². The van der Waals surface area contributed by atoms with Gasteiger partial charge in [-0.3, -0.25) is 0 Å². The Hall–Kier alpha value is -1.35. The second kappa shape index (κ2) is 8.15. The van der Waals surface area contributed by atoms with E-state index in [-0.39, 0.29) is 12.4 Å². The van der Waals surface area contributed by atoms with Gasteiger partial charge in [-0.25, -0.2) is 4.39 Å². The van der Waals surface area contributed by atoms with Crippen molar-refractivity contribution < 1.29 is 14.2 Å². The third-order valence-electron chi connectivity index (χ3n) is 6.11. The molecule has 0 atom stereocenters. The zero-order chi connectivity index (χ0) is 16.9. The minimum atomic E-state index is -0.262. The topological polar surface area (TPSA) is 29.5 Å². The van der Waals surface area contributed by atoms with Crippen LogP contribution in [0, 0.1) is 17.7 Å². The Kier molecular flexibility index (Phi) is 5.94. The Bertz CT molecular complexity index is 563. The lowest BCUT2D eigenvalue weighted by atomic mass is 9.69. The van der Waals surface area contributed by atoms with Crippen molar-refractivity contribution in [1.82, 2.24) is 0 Å². The molecule has 0 aromatic heterocycles. The highest BCUT2D eigenvalue weighted by Gasteiger charge is 2.30. The maximum Gasteiger partial charge on any atom is 0.128 e. The van der Waals surface area contributed by atoms with Crippen LogP contribution in [0.4, 0.5) is 4.39 Å². The molecule has 3 heteroatoms. The van der Waals surface area contributed by atoms with E-state index in [1.807, 2.05) is 12.3 Å². The van der Waals surface area contributed by atoms with Crippen molar-refractivity contribution in [3.05, 3.63) is 47.0 Å². The van der Waals surface area contributed by atoms with Gasteiger partial charge in [0.05, 0.1) is 20.0 Å². The summed E-state index contributed by atoms with van der Waals surface area (Å²) in [6.07, 6.45) is 11.8. The lowest BCUT2D eigenvalue weighted by molar-refractivity contribution is 0.197. The van der Waals surface area contributed by atoms with E-state index in [9.17, 15) is 4.39 Å². The van der Waals surface area contributed by atoms with E-state index in [1.165, 1.54) is 56.9 Å². The average molecular weight is 332 g/mol. The number of hydrogen-bond donors (Lipinski definition) is 1. The van der Waals surface area contributed by atoms with Crippen LogP contribution in [0.15, 0.2) is 30.0 Å². The van der Waals surface area contributed by atoms with Crippen LogP contribution in [-0.4, -0.2) is 12.2 Å². The minimum absolute atomic E-state index is 0.222. The molecule has 2 saturated carbocycles. The quantitative estimate of drug-likeness (QED) is 0.757. The first-order valence-electron chi connectivity index (χ1n) is 9.31. The Morgan fingerprint density at radius 2 is 1.75 bits per heavy atom. The molecule has 0 amide bonds. The zero-order valence-electron chi connectivity index (χ0n) is 14.6. The molecule has 0 spiro atoms. The van der Waals surface area contributed by atoms with Crippen LogP contribution in [0.1, 0.15) is 68.4 Å². The number of methoxy groups -OCH3 is 1. The van der Waals surface area contributed by atoms with Gasteiger partial charge in [0.25, 0.3) is 0 Å². The number of allylic oxidation sites excluding steroid dienone is 1. The summed E-state index contributed by atoms with van der Waals surface area (Å²) in [5.41, 5.74) is 2.97. The summed E-state index contributed by atoms with van der Waals surface area (Å²) < 4.78 is 19.0. The average Bonchev–Trinajstić information content (AvgIpc) is 2.63. The van der Waals surface area contributed by atoms with E-state index >= 15 is 0 Å². The number of benzene rings is 1. The molecule has 24 heavy (non-hydrogen) atoms. The number of halogens is 1. The Morgan fingerprint density at radius 1 is 1.08 bits per heavy atom. The summed E-state index contributed by atoms with van der Waals surface area (Å²) in [4.78, 5) is 0. The summed E-state index contributed by atoms with van der Waals surface area (Å²) in [5.74, 6) is 1.92. The highest BCUT2D eigenvalue weighted by atomic mass is 19.1. The molecule has 2 fully saturated rings. The van der Waals surface area contributed by atoms with Gasteiger partial charge in [-0.15, -0.1) is 0 Å². The van der Waals surface area contributed by atoms with Gasteiger partial charge in [-0.05, 0) is 86.3 Å². The number of aliphatic hydroxyl groups is 1. The highest BCUT2D eigenvalue weighted by Crippen LogP contribution is 2.43. The lowest BCUT2D eigenvalue weighted by Gasteiger charge is -2.36. The predicted octanol–water partition coefficient (Wildman–Crippen LogP) is 5.31. The molecule has 0 saturated heterocycles. The van der Waals surface area contributed by atoms with Gasteiger partial charge in [0.1, 0.15) is 5.82 Å². The molecule has 1 N–H and O–H groups in total. The van der Waals surface area contributed by atoms with Gasteiger partial charge in [-0.2, -0.15) is 0 Å². The van der Waals surface area contributed by atoms with Gasteiger partial charge in [-0.1, -0.05) is 12.1 Å². The summed E-state index contributed by atoms with van der Waals surface area (Å²) in [6, 6.07) is 5.38. The molecule has 0 unspecified atom stereocenters.